The van der Waals surface area contributed by atoms with Crippen LogP contribution in [0.3, 0.4) is 0 Å². The number of halogens is 2. The molecular formula is C15H23I2N3O3. The number of amides is 1. The van der Waals surface area contributed by atoms with Crippen molar-refractivity contribution in [1.82, 2.24) is 9.66 Å². The van der Waals surface area contributed by atoms with Gasteiger partial charge >= 0.3 is 6.09 Å². The summed E-state index contributed by atoms with van der Waals surface area (Å²) >= 11 is 4.46. The highest BCUT2D eigenvalue weighted by Gasteiger charge is 2.30. The Kier molecular flexibility index (Phi) is 6.57. The minimum absolute atomic E-state index is 0.303. The Morgan fingerprint density at radius 1 is 1.39 bits per heavy atom. The minimum Gasteiger partial charge on any atom is -0.442 e. The van der Waals surface area contributed by atoms with Gasteiger partial charge in [0.15, 0.2) is 0 Å². The average molecular weight is 547 g/mol. The van der Waals surface area contributed by atoms with Crippen LogP contribution in [0.5, 0.6) is 0 Å². The summed E-state index contributed by atoms with van der Waals surface area (Å²) in [5, 5.41) is 1.63. The summed E-state index contributed by atoms with van der Waals surface area (Å²) in [5.41, 5.74) is -0.525. The Morgan fingerprint density at radius 2 is 2.00 bits per heavy atom. The van der Waals surface area contributed by atoms with E-state index in [1.807, 2.05) is 32.4 Å². The zero-order valence-corrected chi connectivity index (χ0v) is 18.3. The van der Waals surface area contributed by atoms with Crippen LogP contribution in [0.4, 0.5) is 4.79 Å². The third kappa shape index (κ3) is 4.71. The van der Waals surface area contributed by atoms with Gasteiger partial charge in [0.2, 0.25) is 0 Å². The van der Waals surface area contributed by atoms with E-state index < -0.39 is 5.60 Å². The predicted molar refractivity (Wildman–Crippen MR) is 105 cm³/mol. The zero-order chi connectivity index (χ0) is 17.2. The van der Waals surface area contributed by atoms with Gasteiger partial charge in [-0.3, -0.25) is 0 Å². The molecule has 1 aromatic heterocycles. The molecule has 0 saturated carbocycles. The van der Waals surface area contributed by atoms with Gasteiger partial charge in [0, 0.05) is 25.7 Å². The van der Waals surface area contributed by atoms with E-state index in [4.69, 9.17) is 14.5 Å². The van der Waals surface area contributed by atoms with Crippen molar-refractivity contribution in [3.63, 3.8) is 0 Å². The molecule has 0 radical (unpaired) electrons. The fraction of sp³-hybridized carbons (Fsp3) is 0.733. The van der Waals surface area contributed by atoms with Gasteiger partial charge in [0.25, 0.3) is 0 Å². The molecule has 130 valence electrons. The summed E-state index contributed by atoms with van der Waals surface area (Å²) in [5.74, 6) is 1.23. The number of carbonyl (C=O) groups is 1. The van der Waals surface area contributed by atoms with E-state index in [-0.39, 0.29) is 6.09 Å². The lowest BCUT2D eigenvalue weighted by atomic mass is 10.00. The number of ether oxygens (including phenoxy) is 2. The SMILES string of the molecule is CCN(C(=O)OC(C)(C)C)n1c(C2CCOCC2)nc(I)c1I. The van der Waals surface area contributed by atoms with Gasteiger partial charge in [-0.2, -0.15) is 0 Å². The molecule has 23 heavy (non-hydrogen) atoms. The van der Waals surface area contributed by atoms with Crippen LogP contribution in [0.2, 0.25) is 0 Å². The second-order valence-electron chi connectivity index (χ2n) is 6.45. The number of rotatable bonds is 3. The van der Waals surface area contributed by atoms with Crippen molar-refractivity contribution in [1.29, 1.82) is 0 Å². The minimum atomic E-state index is -0.525. The highest BCUT2D eigenvalue weighted by molar-refractivity contribution is 14.1. The number of nitrogens with zero attached hydrogens (tertiary/aromatic N) is 3. The Hall–Kier alpha value is -0.100. The zero-order valence-electron chi connectivity index (χ0n) is 13.9. The van der Waals surface area contributed by atoms with Gasteiger partial charge in [-0.25, -0.2) is 19.5 Å². The lowest BCUT2D eigenvalue weighted by Crippen LogP contribution is -2.45. The van der Waals surface area contributed by atoms with Crippen LogP contribution in [0.1, 0.15) is 52.3 Å². The van der Waals surface area contributed by atoms with Gasteiger partial charge in [-0.1, -0.05) is 0 Å². The largest absolute Gasteiger partial charge is 0.442 e. The van der Waals surface area contributed by atoms with E-state index in [0.29, 0.717) is 12.5 Å². The van der Waals surface area contributed by atoms with Crippen molar-refractivity contribution in [3.8, 4) is 0 Å². The lowest BCUT2D eigenvalue weighted by molar-refractivity contribution is 0.0532. The molecule has 8 heteroatoms. The van der Waals surface area contributed by atoms with Crippen LogP contribution >= 0.6 is 45.2 Å². The van der Waals surface area contributed by atoms with E-state index in [9.17, 15) is 4.79 Å². The van der Waals surface area contributed by atoms with Crippen LogP contribution in [-0.2, 0) is 9.47 Å². The lowest BCUT2D eigenvalue weighted by Gasteiger charge is -2.30. The number of hydrogen-bond donors (Lipinski definition) is 0. The molecular weight excluding hydrogens is 524 g/mol. The first-order chi connectivity index (χ1) is 10.7. The molecule has 0 aromatic carbocycles. The molecule has 0 aliphatic carbocycles. The van der Waals surface area contributed by atoms with Crippen molar-refractivity contribution >= 4 is 51.3 Å². The molecule has 1 saturated heterocycles. The summed E-state index contributed by atoms with van der Waals surface area (Å²) < 4.78 is 14.8. The maximum Gasteiger partial charge on any atom is 0.429 e. The summed E-state index contributed by atoms with van der Waals surface area (Å²) in [6.07, 6.45) is 1.50. The maximum atomic E-state index is 12.6. The van der Waals surface area contributed by atoms with E-state index in [2.05, 4.69) is 45.2 Å². The second kappa shape index (κ2) is 7.85. The van der Waals surface area contributed by atoms with Crippen molar-refractivity contribution in [2.45, 2.75) is 52.1 Å². The first-order valence-corrected chi connectivity index (χ1v) is 9.92. The van der Waals surface area contributed by atoms with E-state index in [1.165, 1.54) is 0 Å². The van der Waals surface area contributed by atoms with E-state index in [0.717, 1.165) is 39.3 Å². The third-order valence-electron chi connectivity index (χ3n) is 3.52. The van der Waals surface area contributed by atoms with Gasteiger partial charge in [0.05, 0.1) is 0 Å². The summed E-state index contributed by atoms with van der Waals surface area (Å²) in [7, 11) is 0. The third-order valence-corrected chi connectivity index (χ3v) is 6.27. The van der Waals surface area contributed by atoms with E-state index in [1.54, 1.807) is 5.01 Å². The van der Waals surface area contributed by atoms with Crippen LogP contribution in [0.15, 0.2) is 0 Å². The second-order valence-corrected chi connectivity index (χ2v) is 8.49. The Balaban J connectivity index is 2.37. The van der Waals surface area contributed by atoms with Crippen LogP contribution < -0.4 is 5.01 Å². The topological polar surface area (TPSA) is 56.6 Å². The monoisotopic (exact) mass is 547 g/mol. The molecule has 0 spiro atoms. The normalized spacial score (nSPS) is 16.4. The molecule has 1 aliphatic heterocycles. The molecule has 2 heterocycles. The number of hydrogen-bond acceptors (Lipinski definition) is 4. The van der Waals surface area contributed by atoms with Gasteiger partial charge in [0.1, 0.15) is 18.8 Å². The molecule has 0 bridgehead atoms. The number of imidazole rings is 1. The van der Waals surface area contributed by atoms with Crippen molar-refractivity contribution in [3.05, 3.63) is 13.2 Å². The Morgan fingerprint density at radius 3 is 2.52 bits per heavy atom. The molecule has 1 aliphatic rings. The first-order valence-electron chi connectivity index (χ1n) is 7.76. The average Bonchev–Trinajstić information content (AvgIpc) is 2.76. The van der Waals surface area contributed by atoms with Gasteiger partial charge in [-0.05, 0) is 85.7 Å². The number of carbonyl (C=O) groups excluding carboxylic acids is 1. The smallest absolute Gasteiger partial charge is 0.429 e. The first kappa shape index (κ1) is 19.2. The standard InChI is InChI=1S/C15H23I2N3O3/c1-5-19(14(21)23-15(2,3)4)20-12(17)11(16)18-13(20)10-6-8-22-9-7-10/h10H,5-9H2,1-4H3. The fourth-order valence-corrected chi connectivity index (χ4v) is 3.60. The quantitative estimate of drug-likeness (QED) is 0.540. The van der Waals surface area contributed by atoms with Gasteiger partial charge < -0.3 is 9.47 Å². The highest BCUT2D eigenvalue weighted by atomic mass is 127. The molecule has 0 atom stereocenters. The fourth-order valence-electron chi connectivity index (χ4n) is 2.50. The summed E-state index contributed by atoms with van der Waals surface area (Å²) in [6, 6.07) is 0. The van der Waals surface area contributed by atoms with Crippen molar-refractivity contribution in [2.24, 2.45) is 0 Å². The van der Waals surface area contributed by atoms with Crippen LogP contribution in [0, 0.1) is 7.40 Å². The molecule has 2 rings (SSSR count). The van der Waals surface area contributed by atoms with E-state index >= 15 is 0 Å². The summed E-state index contributed by atoms with van der Waals surface area (Å²) in [6.45, 7) is 9.57. The molecule has 0 N–H and O–H groups in total. The van der Waals surface area contributed by atoms with Gasteiger partial charge in [-0.15, -0.1) is 0 Å². The Labute approximate surface area is 164 Å². The van der Waals surface area contributed by atoms with Crippen molar-refractivity contribution in [2.75, 3.05) is 24.8 Å². The van der Waals surface area contributed by atoms with Crippen LogP contribution in [-0.4, -0.2) is 41.1 Å². The summed E-state index contributed by atoms with van der Waals surface area (Å²) in [4.78, 5) is 17.3. The molecule has 0 unspecified atom stereocenters. The number of aromatic nitrogens is 2. The van der Waals surface area contributed by atoms with Crippen molar-refractivity contribution < 1.29 is 14.3 Å². The molecule has 1 amide bonds. The predicted octanol–water partition coefficient (Wildman–Crippen LogP) is 3.88. The molecule has 6 nitrogen and oxygen atoms in total. The molecule has 1 aromatic rings. The highest BCUT2D eigenvalue weighted by Crippen LogP contribution is 2.30. The van der Waals surface area contributed by atoms with Crippen LogP contribution in [0.25, 0.3) is 0 Å². The molecule has 1 fully saturated rings. The maximum absolute atomic E-state index is 12.6. The Bertz CT molecular complexity index is 563.